The summed E-state index contributed by atoms with van der Waals surface area (Å²) in [6.45, 7) is 3.39. The van der Waals surface area contributed by atoms with Gasteiger partial charge in [0.15, 0.2) is 11.4 Å². The summed E-state index contributed by atoms with van der Waals surface area (Å²) >= 11 is 0. The number of pyridine rings is 1. The molecular formula is C13H15F3N2O4. The van der Waals surface area contributed by atoms with Crippen molar-refractivity contribution in [2.75, 3.05) is 0 Å². The van der Waals surface area contributed by atoms with E-state index in [4.69, 9.17) is 9.84 Å². The number of rotatable bonds is 6. The molecule has 1 aromatic rings. The van der Waals surface area contributed by atoms with Crippen molar-refractivity contribution in [2.45, 2.75) is 38.6 Å². The smallest absolute Gasteiger partial charge is 0.391 e. The number of hydrogen-bond donors (Lipinski definition) is 2. The number of carboxylic acid groups (broad SMARTS) is 1. The Balaban J connectivity index is 2.93. The van der Waals surface area contributed by atoms with Gasteiger partial charge < -0.3 is 15.2 Å². The second-order valence-electron chi connectivity index (χ2n) is 4.70. The van der Waals surface area contributed by atoms with E-state index in [2.05, 4.69) is 4.98 Å². The summed E-state index contributed by atoms with van der Waals surface area (Å²) < 4.78 is 42.3. The van der Waals surface area contributed by atoms with Crippen molar-refractivity contribution in [3.63, 3.8) is 0 Å². The van der Waals surface area contributed by atoms with Gasteiger partial charge in [0, 0.05) is 6.20 Å². The largest absolute Gasteiger partial charge is 0.489 e. The van der Waals surface area contributed by atoms with Crippen LogP contribution in [0.15, 0.2) is 18.3 Å². The lowest BCUT2D eigenvalue weighted by Crippen LogP contribution is -2.44. The minimum atomic E-state index is -4.72. The van der Waals surface area contributed by atoms with Gasteiger partial charge in [-0.2, -0.15) is 13.2 Å². The number of nitrogens with zero attached hydrogens (tertiary/aromatic N) is 1. The fraction of sp³-hybridized carbons (Fsp3) is 0.462. The topological polar surface area (TPSA) is 88.5 Å². The molecule has 22 heavy (non-hydrogen) atoms. The van der Waals surface area contributed by atoms with E-state index in [-0.39, 0.29) is 17.5 Å². The number of amides is 1. The van der Waals surface area contributed by atoms with Crippen molar-refractivity contribution >= 4 is 11.9 Å². The molecule has 1 aromatic heterocycles. The third-order valence-corrected chi connectivity index (χ3v) is 2.39. The van der Waals surface area contributed by atoms with Crippen LogP contribution in [-0.2, 0) is 4.79 Å². The van der Waals surface area contributed by atoms with Gasteiger partial charge in [-0.15, -0.1) is 0 Å². The fourth-order valence-electron chi connectivity index (χ4n) is 1.57. The molecule has 6 nitrogen and oxygen atoms in total. The first-order valence-electron chi connectivity index (χ1n) is 6.32. The lowest BCUT2D eigenvalue weighted by Gasteiger charge is -2.17. The highest BCUT2D eigenvalue weighted by molar-refractivity contribution is 5.97. The Morgan fingerprint density at radius 3 is 2.55 bits per heavy atom. The molecule has 1 atom stereocenters. The molecule has 122 valence electrons. The molecule has 0 radical (unpaired) electrons. The fourth-order valence-corrected chi connectivity index (χ4v) is 1.57. The molecular weight excluding hydrogens is 305 g/mol. The highest BCUT2D eigenvalue weighted by Crippen LogP contribution is 2.22. The van der Waals surface area contributed by atoms with Crippen LogP contribution in [-0.4, -0.2) is 40.3 Å². The molecule has 0 saturated carbocycles. The van der Waals surface area contributed by atoms with Gasteiger partial charge in [0.25, 0.3) is 5.91 Å². The van der Waals surface area contributed by atoms with Crippen LogP contribution in [0, 0.1) is 0 Å². The normalized spacial score (nSPS) is 12.8. The molecule has 1 heterocycles. The number of ether oxygens (including phenoxy) is 1. The Bertz CT molecular complexity index is 546. The van der Waals surface area contributed by atoms with Crippen LogP contribution in [0.4, 0.5) is 13.2 Å². The highest BCUT2D eigenvalue weighted by atomic mass is 19.4. The second kappa shape index (κ2) is 7.10. The van der Waals surface area contributed by atoms with Crippen molar-refractivity contribution in [2.24, 2.45) is 0 Å². The van der Waals surface area contributed by atoms with Gasteiger partial charge in [-0.05, 0) is 26.0 Å². The maximum atomic E-state index is 12.3. The first kappa shape index (κ1) is 17.7. The lowest BCUT2D eigenvalue weighted by atomic mass is 10.2. The second-order valence-corrected chi connectivity index (χ2v) is 4.70. The Morgan fingerprint density at radius 1 is 1.41 bits per heavy atom. The number of nitrogens with one attached hydrogen (secondary N) is 1. The molecule has 0 aliphatic heterocycles. The van der Waals surface area contributed by atoms with E-state index < -0.39 is 30.5 Å². The Kier molecular flexibility index (Phi) is 5.72. The van der Waals surface area contributed by atoms with E-state index in [1.807, 2.05) is 0 Å². The van der Waals surface area contributed by atoms with E-state index in [0.717, 1.165) is 0 Å². The number of carboxylic acids is 1. The minimum Gasteiger partial charge on any atom is -0.489 e. The van der Waals surface area contributed by atoms with Gasteiger partial charge in [-0.3, -0.25) is 4.79 Å². The molecule has 1 rings (SSSR count). The van der Waals surface area contributed by atoms with E-state index in [1.54, 1.807) is 19.2 Å². The van der Waals surface area contributed by atoms with Crippen LogP contribution in [0.2, 0.25) is 0 Å². The quantitative estimate of drug-likeness (QED) is 0.837. The SMILES string of the molecule is CC(C)Oc1cccnc1C(=O)NC(CC(F)(F)F)C(=O)O. The zero-order chi connectivity index (χ0) is 16.9. The van der Waals surface area contributed by atoms with E-state index in [0.29, 0.717) is 0 Å². The third-order valence-electron chi connectivity index (χ3n) is 2.39. The maximum absolute atomic E-state index is 12.3. The molecule has 0 aliphatic rings. The van der Waals surface area contributed by atoms with E-state index in [9.17, 15) is 22.8 Å². The van der Waals surface area contributed by atoms with Gasteiger partial charge in [0.1, 0.15) is 6.04 Å². The monoisotopic (exact) mass is 320 g/mol. The molecule has 0 aliphatic carbocycles. The Hall–Kier alpha value is -2.32. The van der Waals surface area contributed by atoms with E-state index >= 15 is 0 Å². The molecule has 0 bridgehead atoms. The predicted octanol–water partition coefficient (Wildman–Crippen LogP) is 2.00. The van der Waals surface area contributed by atoms with Gasteiger partial charge in [0.05, 0.1) is 12.5 Å². The number of alkyl halides is 3. The van der Waals surface area contributed by atoms with Crippen LogP contribution >= 0.6 is 0 Å². The predicted molar refractivity (Wildman–Crippen MR) is 69.6 cm³/mol. The van der Waals surface area contributed by atoms with Crippen LogP contribution in [0.25, 0.3) is 0 Å². The Labute approximate surface area is 124 Å². The molecule has 2 N–H and O–H groups in total. The molecule has 1 amide bonds. The molecule has 9 heteroatoms. The first-order valence-corrected chi connectivity index (χ1v) is 6.32. The maximum Gasteiger partial charge on any atom is 0.391 e. The molecule has 1 unspecified atom stereocenters. The first-order chi connectivity index (χ1) is 10.1. The number of hydrogen-bond acceptors (Lipinski definition) is 4. The number of halogens is 3. The summed E-state index contributed by atoms with van der Waals surface area (Å²) in [5.74, 6) is -2.77. The van der Waals surface area contributed by atoms with Crippen molar-refractivity contribution in [3.05, 3.63) is 24.0 Å². The number of carbonyl (C=O) groups excluding carboxylic acids is 1. The number of carbonyl (C=O) groups is 2. The molecule has 0 fully saturated rings. The number of aromatic nitrogens is 1. The van der Waals surface area contributed by atoms with Gasteiger partial charge >= 0.3 is 12.1 Å². The van der Waals surface area contributed by atoms with Gasteiger partial charge in [-0.25, -0.2) is 9.78 Å². The van der Waals surface area contributed by atoms with Gasteiger partial charge in [0.2, 0.25) is 0 Å². The highest BCUT2D eigenvalue weighted by Gasteiger charge is 2.36. The summed E-state index contributed by atoms with van der Waals surface area (Å²) in [7, 11) is 0. The average molecular weight is 320 g/mol. The van der Waals surface area contributed by atoms with Gasteiger partial charge in [-0.1, -0.05) is 0 Å². The van der Waals surface area contributed by atoms with Crippen molar-refractivity contribution < 1.29 is 32.6 Å². The summed E-state index contributed by atoms with van der Waals surface area (Å²) in [6.07, 6.45) is -5.44. The molecule has 0 saturated heterocycles. The van der Waals surface area contributed by atoms with E-state index in [1.165, 1.54) is 18.3 Å². The van der Waals surface area contributed by atoms with Crippen LogP contribution in [0.1, 0.15) is 30.8 Å². The molecule has 0 spiro atoms. The summed E-state index contributed by atoms with van der Waals surface area (Å²) in [6, 6.07) is 0.807. The average Bonchev–Trinajstić information content (AvgIpc) is 2.36. The van der Waals surface area contributed by atoms with Crippen molar-refractivity contribution in [1.29, 1.82) is 0 Å². The minimum absolute atomic E-state index is 0.0612. The number of aliphatic carboxylic acids is 1. The standard InChI is InChI=1S/C13H15F3N2O4/c1-7(2)22-9-4-3-5-17-10(9)11(19)18-8(12(20)21)6-13(14,15)16/h3-5,7-8H,6H2,1-2H3,(H,18,19)(H,20,21). The zero-order valence-electron chi connectivity index (χ0n) is 11.8. The third kappa shape index (κ3) is 5.58. The lowest BCUT2D eigenvalue weighted by molar-refractivity contribution is -0.157. The van der Waals surface area contributed by atoms with Crippen LogP contribution in [0.5, 0.6) is 5.75 Å². The van der Waals surface area contributed by atoms with Crippen LogP contribution < -0.4 is 10.1 Å². The van der Waals surface area contributed by atoms with Crippen LogP contribution in [0.3, 0.4) is 0 Å². The summed E-state index contributed by atoms with van der Waals surface area (Å²) in [5, 5.41) is 10.6. The molecule has 0 aromatic carbocycles. The summed E-state index contributed by atoms with van der Waals surface area (Å²) in [5.41, 5.74) is -0.273. The van der Waals surface area contributed by atoms with Crippen molar-refractivity contribution in [3.8, 4) is 5.75 Å². The van der Waals surface area contributed by atoms with Crippen molar-refractivity contribution in [1.82, 2.24) is 10.3 Å². The summed E-state index contributed by atoms with van der Waals surface area (Å²) in [4.78, 5) is 26.5. The zero-order valence-corrected chi connectivity index (χ0v) is 11.8. The Morgan fingerprint density at radius 2 is 2.05 bits per heavy atom.